The summed E-state index contributed by atoms with van der Waals surface area (Å²) in [6.07, 6.45) is -4.66. The first-order chi connectivity index (χ1) is 17.1. The Labute approximate surface area is 205 Å². The molecule has 6 nitrogen and oxygen atoms in total. The maximum absolute atomic E-state index is 13.4. The summed E-state index contributed by atoms with van der Waals surface area (Å²) in [6.45, 7) is 1.79. The van der Waals surface area contributed by atoms with Gasteiger partial charge in [-0.25, -0.2) is 0 Å². The monoisotopic (exact) mass is 497 g/mol. The number of hydrogen-bond donors (Lipinski definition) is 1. The maximum Gasteiger partial charge on any atom is 0.416 e. The highest BCUT2D eigenvalue weighted by molar-refractivity contribution is 6.51. The van der Waals surface area contributed by atoms with Crippen LogP contribution in [-0.4, -0.2) is 31.0 Å². The number of aliphatic hydroxyl groups excluding tert-OH is 1. The number of benzene rings is 3. The van der Waals surface area contributed by atoms with Crippen LogP contribution in [-0.2, 0) is 15.8 Å². The number of methoxy groups -OCH3 is 2. The fourth-order valence-electron chi connectivity index (χ4n) is 4.31. The van der Waals surface area contributed by atoms with Gasteiger partial charge < -0.3 is 14.6 Å². The quantitative estimate of drug-likeness (QED) is 0.280. The molecule has 1 amide bonds. The second-order valence-electron chi connectivity index (χ2n) is 8.17. The molecule has 1 aliphatic rings. The summed E-state index contributed by atoms with van der Waals surface area (Å²) in [5.41, 5.74) is -0.146. The van der Waals surface area contributed by atoms with E-state index in [-0.39, 0.29) is 28.3 Å². The van der Waals surface area contributed by atoms with Crippen molar-refractivity contribution in [1.82, 2.24) is 0 Å². The van der Waals surface area contributed by atoms with Crippen LogP contribution in [0.2, 0.25) is 0 Å². The van der Waals surface area contributed by atoms with E-state index >= 15 is 0 Å². The zero-order valence-electron chi connectivity index (χ0n) is 19.6. The third-order valence-corrected chi connectivity index (χ3v) is 5.92. The van der Waals surface area contributed by atoms with Crippen molar-refractivity contribution in [3.8, 4) is 11.5 Å². The molecule has 3 aromatic carbocycles. The molecule has 0 radical (unpaired) electrons. The van der Waals surface area contributed by atoms with Crippen molar-refractivity contribution in [3.63, 3.8) is 0 Å². The lowest BCUT2D eigenvalue weighted by Gasteiger charge is -2.26. The molecular formula is C27H22F3NO5. The first-order valence-electron chi connectivity index (χ1n) is 10.8. The van der Waals surface area contributed by atoms with Gasteiger partial charge in [-0.1, -0.05) is 42.0 Å². The van der Waals surface area contributed by atoms with Gasteiger partial charge in [0.2, 0.25) is 0 Å². The molecule has 1 heterocycles. The van der Waals surface area contributed by atoms with E-state index in [2.05, 4.69) is 0 Å². The first-order valence-corrected chi connectivity index (χ1v) is 10.8. The number of halogens is 3. The summed E-state index contributed by atoms with van der Waals surface area (Å²) in [5, 5.41) is 11.4. The van der Waals surface area contributed by atoms with Crippen LogP contribution >= 0.6 is 0 Å². The minimum atomic E-state index is -4.66. The largest absolute Gasteiger partial charge is 0.506 e. The summed E-state index contributed by atoms with van der Waals surface area (Å²) in [5.74, 6) is -2.33. The topological polar surface area (TPSA) is 76.1 Å². The Morgan fingerprint density at radius 1 is 0.917 bits per heavy atom. The van der Waals surface area contributed by atoms with Gasteiger partial charge in [0, 0.05) is 5.69 Å². The summed E-state index contributed by atoms with van der Waals surface area (Å²) >= 11 is 0. The van der Waals surface area contributed by atoms with Gasteiger partial charge in [0.05, 0.1) is 31.4 Å². The number of hydrogen-bond acceptors (Lipinski definition) is 5. The second-order valence-corrected chi connectivity index (χ2v) is 8.17. The molecule has 1 fully saturated rings. The number of nitrogens with zero attached hydrogens (tertiary/aromatic N) is 1. The summed E-state index contributed by atoms with van der Waals surface area (Å²) in [7, 11) is 2.73. The minimum absolute atomic E-state index is 0.0437. The Morgan fingerprint density at radius 2 is 1.53 bits per heavy atom. The van der Waals surface area contributed by atoms with E-state index in [0.29, 0.717) is 5.56 Å². The predicted molar refractivity (Wildman–Crippen MR) is 127 cm³/mol. The van der Waals surface area contributed by atoms with Crippen molar-refractivity contribution < 1.29 is 37.3 Å². The van der Waals surface area contributed by atoms with E-state index < -0.39 is 35.2 Å². The van der Waals surface area contributed by atoms with Crippen LogP contribution in [0.4, 0.5) is 18.9 Å². The normalized spacial score (nSPS) is 17.4. The molecule has 3 aromatic rings. The molecule has 9 heteroatoms. The highest BCUT2D eigenvalue weighted by Gasteiger charge is 2.48. The summed E-state index contributed by atoms with van der Waals surface area (Å²) in [6, 6.07) is 14.5. The van der Waals surface area contributed by atoms with E-state index in [0.717, 1.165) is 28.7 Å². The van der Waals surface area contributed by atoms with Gasteiger partial charge in [-0.15, -0.1) is 0 Å². The minimum Gasteiger partial charge on any atom is -0.506 e. The lowest BCUT2D eigenvalue weighted by molar-refractivity contribution is -0.137. The van der Waals surface area contributed by atoms with E-state index in [1.165, 1.54) is 20.3 Å². The Bertz CT molecular complexity index is 1360. The van der Waals surface area contributed by atoms with Crippen LogP contribution in [0.1, 0.15) is 28.3 Å². The van der Waals surface area contributed by atoms with Crippen LogP contribution < -0.4 is 14.4 Å². The van der Waals surface area contributed by atoms with E-state index in [4.69, 9.17) is 9.47 Å². The SMILES string of the molecule is COc1cccc(OC)c1/C(O)=C1\C(=O)C(=O)N(c2cccc(C(F)(F)F)c2)C1c1cccc(C)c1. The van der Waals surface area contributed by atoms with Crippen LogP contribution in [0, 0.1) is 6.92 Å². The molecule has 0 aromatic heterocycles. The molecule has 0 aliphatic carbocycles. The molecule has 0 bridgehead atoms. The second kappa shape index (κ2) is 9.41. The standard InChI is InChI=1S/C27H22F3NO5/c1-15-7-4-8-16(13-15)23-22(24(32)21-19(35-2)11-6-12-20(21)36-3)25(33)26(34)31(23)18-10-5-9-17(14-18)27(28,29)30/h4-14,23,32H,1-3H3/b24-22+. The number of alkyl halides is 3. The number of carbonyl (C=O) groups is 2. The zero-order chi connectivity index (χ0) is 26.2. The zero-order valence-corrected chi connectivity index (χ0v) is 19.6. The van der Waals surface area contributed by atoms with Gasteiger partial charge in [0.15, 0.2) is 0 Å². The number of amides is 1. The van der Waals surface area contributed by atoms with Crippen LogP contribution in [0.15, 0.2) is 72.3 Å². The third kappa shape index (κ3) is 4.28. The molecule has 1 aliphatic heterocycles. The Morgan fingerprint density at radius 3 is 2.11 bits per heavy atom. The molecule has 1 atom stereocenters. The fraction of sp³-hybridized carbons (Fsp3) is 0.185. The number of ether oxygens (including phenoxy) is 2. The Balaban J connectivity index is 2.02. The number of aryl methyl sites for hydroxylation is 1. The maximum atomic E-state index is 13.4. The van der Waals surface area contributed by atoms with Gasteiger partial charge >= 0.3 is 6.18 Å². The van der Waals surface area contributed by atoms with Gasteiger partial charge in [-0.2, -0.15) is 13.2 Å². The summed E-state index contributed by atoms with van der Waals surface area (Å²) in [4.78, 5) is 27.6. The van der Waals surface area contributed by atoms with Crippen molar-refractivity contribution in [2.24, 2.45) is 0 Å². The molecule has 186 valence electrons. The lowest BCUT2D eigenvalue weighted by Crippen LogP contribution is -2.29. The van der Waals surface area contributed by atoms with E-state index in [9.17, 15) is 27.9 Å². The molecule has 36 heavy (non-hydrogen) atoms. The lowest BCUT2D eigenvalue weighted by atomic mass is 9.93. The molecule has 0 spiro atoms. The van der Waals surface area contributed by atoms with Crippen LogP contribution in [0.25, 0.3) is 5.76 Å². The molecule has 4 rings (SSSR count). The van der Waals surface area contributed by atoms with Crippen molar-refractivity contribution in [3.05, 3.63) is 94.6 Å². The number of Topliss-reactive ketones (excluding diaryl/α,β-unsaturated/α-hetero) is 1. The van der Waals surface area contributed by atoms with E-state index in [1.807, 2.05) is 0 Å². The van der Waals surface area contributed by atoms with Crippen LogP contribution in [0.3, 0.4) is 0 Å². The smallest absolute Gasteiger partial charge is 0.416 e. The van der Waals surface area contributed by atoms with Crippen molar-refractivity contribution in [2.45, 2.75) is 19.1 Å². The molecule has 1 saturated heterocycles. The highest BCUT2D eigenvalue weighted by Crippen LogP contribution is 2.46. The van der Waals surface area contributed by atoms with Gasteiger partial charge in [-0.05, 0) is 42.8 Å². The molecule has 1 N–H and O–H groups in total. The third-order valence-electron chi connectivity index (χ3n) is 5.92. The first kappa shape index (κ1) is 24.8. The van der Waals surface area contributed by atoms with Crippen molar-refractivity contribution in [1.29, 1.82) is 0 Å². The molecule has 0 saturated carbocycles. The Hall–Kier alpha value is -4.27. The van der Waals surface area contributed by atoms with Gasteiger partial charge in [-0.3, -0.25) is 14.5 Å². The average Bonchev–Trinajstić information content (AvgIpc) is 3.13. The number of carbonyl (C=O) groups excluding carboxylic acids is 2. The van der Waals surface area contributed by atoms with E-state index in [1.54, 1.807) is 49.4 Å². The van der Waals surface area contributed by atoms with Crippen molar-refractivity contribution >= 4 is 23.1 Å². The fourth-order valence-corrected chi connectivity index (χ4v) is 4.31. The average molecular weight is 497 g/mol. The number of aliphatic hydroxyl groups is 1. The number of anilines is 1. The molecule has 1 unspecified atom stereocenters. The number of ketones is 1. The van der Waals surface area contributed by atoms with Crippen molar-refractivity contribution in [2.75, 3.05) is 19.1 Å². The summed E-state index contributed by atoms with van der Waals surface area (Å²) < 4.78 is 51.0. The predicted octanol–water partition coefficient (Wildman–Crippen LogP) is 5.66. The van der Waals surface area contributed by atoms with Crippen LogP contribution in [0.5, 0.6) is 11.5 Å². The Kier molecular flexibility index (Phi) is 6.49. The van der Waals surface area contributed by atoms with Gasteiger partial charge in [0.1, 0.15) is 22.8 Å². The number of rotatable bonds is 5. The highest BCUT2D eigenvalue weighted by atomic mass is 19.4. The van der Waals surface area contributed by atoms with Gasteiger partial charge in [0.25, 0.3) is 11.7 Å². The molecular weight excluding hydrogens is 475 g/mol.